The molecule has 2 rings (SSSR count). The van der Waals surface area contributed by atoms with Gasteiger partial charge in [-0.25, -0.2) is 13.2 Å². The van der Waals surface area contributed by atoms with Crippen molar-refractivity contribution in [2.45, 2.75) is 18.1 Å². The molecule has 0 amide bonds. The predicted octanol–water partition coefficient (Wildman–Crippen LogP) is 0.472. The number of nitrogens with zero attached hydrogens (tertiary/aromatic N) is 1. The summed E-state index contributed by atoms with van der Waals surface area (Å²) in [6, 6.07) is 2.30. The highest BCUT2D eigenvalue weighted by Crippen LogP contribution is 2.18. The van der Waals surface area contributed by atoms with Gasteiger partial charge in [0.25, 0.3) is 0 Å². The number of rotatable bonds is 5. The molecule has 20 heavy (non-hydrogen) atoms. The van der Waals surface area contributed by atoms with Crippen molar-refractivity contribution in [2.24, 2.45) is 0 Å². The van der Waals surface area contributed by atoms with Gasteiger partial charge in [-0.05, 0) is 18.7 Å². The molecule has 0 bridgehead atoms. The summed E-state index contributed by atoms with van der Waals surface area (Å²) in [6.45, 7) is 4.66. The fourth-order valence-electron chi connectivity index (χ4n) is 2.10. The molecule has 112 valence electrons. The van der Waals surface area contributed by atoms with Crippen molar-refractivity contribution in [1.82, 2.24) is 4.90 Å². The molecule has 1 aromatic rings. The third-order valence-electron chi connectivity index (χ3n) is 3.17. The first-order chi connectivity index (χ1) is 9.42. The Hall–Kier alpha value is -1.38. The van der Waals surface area contributed by atoms with Crippen molar-refractivity contribution in [3.8, 4) is 0 Å². The van der Waals surface area contributed by atoms with Crippen LogP contribution in [0.2, 0.25) is 0 Å². The molecular weight excluding hydrogens is 286 g/mol. The summed E-state index contributed by atoms with van der Waals surface area (Å²) in [7, 11) is -3.69. The highest BCUT2D eigenvalue weighted by Gasteiger charge is 2.29. The fraction of sp³-hybridized carbons (Fsp3) is 0.583. The van der Waals surface area contributed by atoms with Crippen molar-refractivity contribution in [3.05, 3.63) is 17.9 Å². The van der Waals surface area contributed by atoms with Crippen LogP contribution in [0.3, 0.4) is 0 Å². The number of sulfone groups is 1. The van der Waals surface area contributed by atoms with E-state index in [0.717, 1.165) is 19.2 Å². The summed E-state index contributed by atoms with van der Waals surface area (Å²) in [5, 5.41) is 8.41. The van der Waals surface area contributed by atoms with Gasteiger partial charge in [0, 0.05) is 13.1 Å². The van der Waals surface area contributed by atoms with E-state index in [0.29, 0.717) is 13.2 Å². The molecule has 1 atom stereocenters. The van der Waals surface area contributed by atoms with Crippen molar-refractivity contribution >= 4 is 15.8 Å². The molecule has 0 radical (unpaired) electrons. The topological polar surface area (TPSA) is 97.0 Å². The molecule has 1 saturated heterocycles. The minimum atomic E-state index is -3.69. The quantitative estimate of drug-likeness (QED) is 0.844. The number of carboxylic acid groups (broad SMARTS) is 1. The predicted molar refractivity (Wildman–Crippen MR) is 69.6 cm³/mol. The molecule has 7 nitrogen and oxygen atoms in total. The first-order valence-electron chi connectivity index (χ1n) is 6.32. The highest BCUT2D eigenvalue weighted by molar-refractivity contribution is 7.91. The lowest BCUT2D eigenvalue weighted by atomic mass is 10.3. The van der Waals surface area contributed by atoms with Gasteiger partial charge < -0.3 is 14.3 Å². The first kappa shape index (κ1) is 15.0. The summed E-state index contributed by atoms with van der Waals surface area (Å²) in [5.41, 5.74) is 0. The van der Waals surface area contributed by atoms with Crippen molar-refractivity contribution in [3.63, 3.8) is 0 Å². The Labute approximate surface area is 117 Å². The zero-order valence-corrected chi connectivity index (χ0v) is 11.9. The van der Waals surface area contributed by atoms with Gasteiger partial charge in [-0.3, -0.25) is 4.90 Å². The molecule has 2 heterocycles. The lowest BCUT2D eigenvalue weighted by molar-refractivity contribution is -0.0146. The molecule has 1 aromatic heterocycles. The van der Waals surface area contributed by atoms with E-state index in [9.17, 15) is 13.2 Å². The minimum Gasteiger partial charge on any atom is -0.475 e. The van der Waals surface area contributed by atoms with Crippen LogP contribution in [-0.2, 0) is 14.6 Å². The number of morpholine rings is 1. The Bertz CT molecular complexity index is 579. The third kappa shape index (κ3) is 3.38. The van der Waals surface area contributed by atoms with Gasteiger partial charge in [0.15, 0.2) is 0 Å². The molecule has 1 N–H and O–H groups in total. The first-order valence-corrected chi connectivity index (χ1v) is 7.97. The van der Waals surface area contributed by atoms with E-state index < -0.39 is 21.9 Å². The number of hydrogen-bond acceptors (Lipinski definition) is 6. The fourth-order valence-corrected chi connectivity index (χ4v) is 3.45. The maximum Gasteiger partial charge on any atom is 0.371 e. The zero-order valence-electron chi connectivity index (χ0n) is 11.1. The van der Waals surface area contributed by atoms with Crippen LogP contribution in [0.25, 0.3) is 0 Å². The van der Waals surface area contributed by atoms with E-state index in [4.69, 9.17) is 14.3 Å². The zero-order chi connectivity index (χ0) is 14.8. The molecule has 0 spiro atoms. The Morgan fingerprint density at radius 1 is 1.50 bits per heavy atom. The van der Waals surface area contributed by atoms with Crippen molar-refractivity contribution in [2.75, 3.05) is 32.0 Å². The number of ether oxygens (including phenoxy) is 1. The number of aromatic carboxylic acids is 1. The molecule has 8 heteroatoms. The summed E-state index contributed by atoms with van der Waals surface area (Å²) in [5.74, 6) is -1.89. The molecule has 1 aliphatic rings. The van der Waals surface area contributed by atoms with E-state index in [1.807, 2.05) is 6.92 Å². The van der Waals surface area contributed by atoms with Crippen LogP contribution in [0.1, 0.15) is 17.5 Å². The van der Waals surface area contributed by atoms with E-state index in [1.165, 1.54) is 6.07 Å². The van der Waals surface area contributed by atoms with E-state index >= 15 is 0 Å². The molecule has 0 aromatic carbocycles. The second-order valence-electron chi connectivity index (χ2n) is 4.59. The van der Waals surface area contributed by atoms with Gasteiger partial charge in [-0.1, -0.05) is 6.92 Å². The van der Waals surface area contributed by atoms with Crippen LogP contribution >= 0.6 is 0 Å². The smallest absolute Gasteiger partial charge is 0.371 e. The second kappa shape index (κ2) is 5.94. The summed E-state index contributed by atoms with van der Waals surface area (Å²) < 4.78 is 34.6. The monoisotopic (exact) mass is 303 g/mol. The van der Waals surface area contributed by atoms with Gasteiger partial charge in [-0.15, -0.1) is 0 Å². The number of hydrogen-bond donors (Lipinski definition) is 1. The SMILES string of the molecule is CCN1CCOC(CS(=O)(=O)c2ccc(C(=O)O)o2)C1. The van der Waals surface area contributed by atoms with Gasteiger partial charge in [0.05, 0.1) is 18.5 Å². The molecule has 1 aliphatic heterocycles. The Kier molecular flexibility index (Phi) is 4.46. The Morgan fingerprint density at radius 2 is 2.25 bits per heavy atom. The van der Waals surface area contributed by atoms with Crippen LogP contribution in [0.15, 0.2) is 21.6 Å². The van der Waals surface area contributed by atoms with E-state index in [2.05, 4.69) is 4.90 Å². The summed E-state index contributed by atoms with van der Waals surface area (Å²) in [6.07, 6.45) is -0.424. The van der Waals surface area contributed by atoms with Crippen LogP contribution in [-0.4, -0.2) is 62.5 Å². The largest absolute Gasteiger partial charge is 0.475 e. The maximum absolute atomic E-state index is 12.1. The van der Waals surface area contributed by atoms with Crippen molar-refractivity contribution in [1.29, 1.82) is 0 Å². The number of carbonyl (C=O) groups is 1. The van der Waals surface area contributed by atoms with Crippen LogP contribution < -0.4 is 0 Å². The van der Waals surface area contributed by atoms with Crippen LogP contribution in [0.5, 0.6) is 0 Å². The molecular formula is C12H17NO6S. The standard InChI is InChI=1S/C12H17NO6S/c1-2-13-5-6-18-9(7-13)8-20(16,17)11-4-3-10(19-11)12(14)15/h3-4,9H,2,5-8H2,1H3,(H,14,15). The van der Waals surface area contributed by atoms with Crippen LogP contribution in [0.4, 0.5) is 0 Å². The minimum absolute atomic E-state index is 0.212. The van der Waals surface area contributed by atoms with Gasteiger partial charge in [-0.2, -0.15) is 0 Å². The molecule has 1 unspecified atom stereocenters. The Morgan fingerprint density at radius 3 is 2.85 bits per heavy atom. The summed E-state index contributed by atoms with van der Waals surface area (Å²) in [4.78, 5) is 12.8. The summed E-state index contributed by atoms with van der Waals surface area (Å²) >= 11 is 0. The van der Waals surface area contributed by atoms with Crippen LogP contribution in [0, 0.1) is 0 Å². The second-order valence-corrected chi connectivity index (χ2v) is 6.56. The lowest BCUT2D eigenvalue weighted by Crippen LogP contribution is -2.45. The maximum atomic E-state index is 12.1. The van der Waals surface area contributed by atoms with Gasteiger partial charge >= 0.3 is 5.97 Å². The third-order valence-corrected chi connectivity index (χ3v) is 4.82. The molecule has 0 aliphatic carbocycles. The normalized spacial score (nSPS) is 20.9. The van der Waals surface area contributed by atoms with E-state index in [1.54, 1.807) is 0 Å². The van der Waals surface area contributed by atoms with Crippen molar-refractivity contribution < 1.29 is 27.5 Å². The molecule has 0 saturated carbocycles. The highest BCUT2D eigenvalue weighted by atomic mass is 32.2. The number of likely N-dealkylation sites (N-methyl/N-ethyl adjacent to an activating group) is 1. The van der Waals surface area contributed by atoms with E-state index in [-0.39, 0.29) is 16.6 Å². The molecule has 1 fully saturated rings. The average molecular weight is 303 g/mol. The number of furan rings is 1. The Balaban J connectivity index is 2.08. The lowest BCUT2D eigenvalue weighted by Gasteiger charge is -2.31. The average Bonchev–Trinajstić information content (AvgIpc) is 2.89. The number of carboxylic acids is 1. The van der Waals surface area contributed by atoms with Gasteiger partial charge in [0.2, 0.25) is 20.7 Å². The van der Waals surface area contributed by atoms with Gasteiger partial charge in [0.1, 0.15) is 0 Å².